The predicted octanol–water partition coefficient (Wildman–Crippen LogP) is -2.02. The fourth-order valence-corrected chi connectivity index (χ4v) is 1.40. The fourth-order valence-electron chi connectivity index (χ4n) is 1.40. The minimum Gasteiger partial charge on any atom is -0.364 e. The van der Waals surface area contributed by atoms with Crippen molar-refractivity contribution in [3.63, 3.8) is 0 Å². The Morgan fingerprint density at radius 3 is 1.06 bits per heavy atom. The molecule has 102 valence electrons. The van der Waals surface area contributed by atoms with E-state index in [1.165, 1.54) is 21.3 Å². The molecular formula is C9H15N3O6. The standard InChI is InChI=1S/C9H15N3O6/c1-16-4-10-7(13)11(5-17-2)9(15)12(6-18-3)8(10)14/h4-6H2,1-3H3. The van der Waals surface area contributed by atoms with Gasteiger partial charge in [0.1, 0.15) is 20.2 Å². The third-order valence-electron chi connectivity index (χ3n) is 2.16. The maximum absolute atomic E-state index is 11.9. The summed E-state index contributed by atoms with van der Waals surface area (Å²) in [6.45, 7) is -0.776. The maximum Gasteiger partial charge on any atom is 0.340 e. The van der Waals surface area contributed by atoms with Crippen LogP contribution in [0.25, 0.3) is 0 Å². The van der Waals surface area contributed by atoms with Gasteiger partial charge >= 0.3 is 17.1 Å². The van der Waals surface area contributed by atoms with Crippen molar-refractivity contribution in [1.82, 2.24) is 13.7 Å². The molecule has 0 atom stereocenters. The average Bonchev–Trinajstić information content (AvgIpc) is 2.35. The van der Waals surface area contributed by atoms with E-state index in [1.54, 1.807) is 0 Å². The van der Waals surface area contributed by atoms with Crippen molar-refractivity contribution in [2.45, 2.75) is 20.2 Å². The Labute approximate surface area is 102 Å². The van der Waals surface area contributed by atoms with Crippen LogP contribution in [0.3, 0.4) is 0 Å². The van der Waals surface area contributed by atoms with E-state index in [2.05, 4.69) is 0 Å². The molecule has 0 aliphatic heterocycles. The van der Waals surface area contributed by atoms with Crippen LogP contribution < -0.4 is 17.1 Å². The second-order valence-electron chi connectivity index (χ2n) is 3.39. The minimum atomic E-state index is -0.791. The number of nitrogens with zero attached hydrogens (tertiary/aromatic N) is 3. The van der Waals surface area contributed by atoms with Gasteiger partial charge < -0.3 is 14.2 Å². The van der Waals surface area contributed by atoms with Gasteiger partial charge in [0.25, 0.3) is 0 Å². The van der Waals surface area contributed by atoms with Crippen molar-refractivity contribution in [2.75, 3.05) is 21.3 Å². The molecule has 0 aromatic carbocycles. The average molecular weight is 261 g/mol. The first-order chi connectivity index (χ1) is 8.58. The molecule has 18 heavy (non-hydrogen) atoms. The molecule has 0 aliphatic carbocycles. The lowest BCUT2D eigenvalue weighted by atomic mass is 10.8. The molecule has 9 heteroatoms. The predicted molar refractivity (Wildman–Crippen MR) is 60.2 cm³/mol. The molecule has 0 bridgehead atoms. The van der Waals surface area contributed by atoms with Crippen LogP contribution in [0.4, 0.5) is 0 Å². The first kappa shape index (κ1) is 14.4. The SMILES string of the molecule is COCn1c(=O)n(COC)c(=O)n(COC)c1=O. The molecular weight excluding hydrogens is 246 g/mol. The molecule has 1 rings (SSSR count). The summed E-state index contributed by atoms with van der Waals surface area (Å²) in [4.78, 5) is 35.6. The maximum atomic E-state index is 11.9. The second-order valence-corrected chi connectivity index (χ2v) is 3.39. The number of ether oxygens (including phenoxy) is 3. The van der Waals surface area contributed by atoms with Crippen LogP contribution in [0.5, 0.6) is 0 Å². The highest BCUT2D eigenvalue weighted by Crippen LogP contribution is 1.79. The summed E-state index contributed by atoms with van der Waals surface area (Å²) in [6.07, 6.45) is 0. The lowest BCUT2D eigenvalue weighted by Gasteiger charge is -2.12. The summed E-state index contributed by atoms with van der Waals surface area (Å²) < 4.78 is 16.6. The van der Waals surface area contributed by atoms with Crippen LogP contribution in [0.2, 0.25) is 0 Å². The molecule has 1 aromatic heterocycles. The van der Waals surface area contributed by atoms with Crippen LogP contribution in [-0.4, -0.2) is 35.0 Å². The van der Waals surface area contributed by atoms with Gasteiger partial charge in [-0.15, -0.1) is 0 Å². The van der Waals surface area contributed by atoms with Crippen LogP contribution >= 0.6 is 0 Å². The van der Waals surface area contributed by atoms with Crippen LogP contribution in [0.15, 0.2) is 14.4 Å². The van der Waals surface area contributed by atoms with E-state index in [4.69, 9.17) is 14.2 Å². The zero-order valence-electron chi connectivity index (χ0n) is 10.4. The van der Waals surface area contributed by atoms with Gasteiger partial charge in [0.2, 0.25) is 0 Å². The molecule has 0 unspecified atom stereocenters. The topological polar surface area (TPSA) is 93.7 Å². The van der Waals surface area contributed by atoms with Crippen molar-refractivity contribution >= 4 is 0 Å². The van der Waals surface area contributed by atoms with Crippen LogP contribution in [-0.2, 0) is 34.4 Å². The smallest absolute Gasteiger partial charge is 0.340 e. The Morgan fingerprint density at radius 2 is 0.889 bits per heavy atom. The van der Waals surface area contributed by atoms with Crippen molar-refractivity contribution < 1.29 is 14.2 Å². The van der Waals surface area contributed by atoms with Gasteiger partial charge in [-0.25, -0.2) is 28.1 Å². The summed E-state index contributed by atoms with van der Waals surface area (Å²) in [5.74, 6) is 0. The number of hydrogen-bond acceptors (Lipinski definition) is 6. The highest BCUT2D eigenvalue weighted by atomic mass is 16.5. The Hall–Kier alpha value is -1.71. The van der Waals surface area contributed by atoms with Gasteiger partial charge in [0.05, 0.1) is 0 Å². The van der Waals surface area contributed by atoms with Gasteiger partial charge in [-0.05, 0) is 0 Å². The Morgan fingerprint density at radius 1 is 0.667 bits per heavy atom. The largest absolute Gasteiger partial charge is 0.364 e. The third-order valence-corrected chi connectivity index (χ3v) is 2.16. The van der Waals surface area contributed by atoms with Crippen molar-refractivity contribution in [1.29, 1.82) is 0 Å². The first-order valence-electron chi connectivity index (χ1n) is 4.99. The molecule has 0 spiro atoms. The summed E-state index contributed by atoms with van der Waals surface area (Å²) in [7, 11) is 3.99. The minimum absolute atomic E-state index is 0.259. The van der Waals surface area contributed by atoms with E-state index in [9.17, 15) is 14.4 Å². The molecule has 9 nitrogen and oxygen atoms in total. The number of rotatable bonds is 6. The normalized spacial score (nSPS) is 10.8. The van der Waals surface area contributed by atoms with Gasteiger partial charge in [0.15, 0.2) is 0 Å². The molecule has 0 saturated heterocycles. The van der Waals surface area contributed by atoms with Crippen LogP contribution in [0, 0.1) is 0 Å². The number of methoxy groups -OCH3 is 3. The summed E-state index contributed by atoms with van der Waals surface area (Å²) in [6, 6.07) is 0. The summed E-state index contributed by atoms with van der Waals surface area (Å²) >= 11 is 0. The molecule has 0 saturated carbocycles. The lowest BCUT2D eigenvalue weighted by Crippen LogP contribution is -2.55. The zero-order chi connectivity index (χ0) is 13.7. The third kappa shape index (κ3) is 2.58. The Balaban J connectivity index is 3.59. The Bertz CT molecular complexity index is 458. The molecule has 0 amide bonds. The highest BCUT2D eigenvalue weighted by molar-refractivity contribution is 4.76. The van der Waals surface area contributed by atoms with Crippen molar-refractivity contribution in [3.8, 4) is 0 Å². The van der Waals surface area contributed by atoms with Gasteiger partial charge in [-0.3, -0.25) is 0 Å². The quantitative estimate of drug-likeness (QED) is 0.587. The zero-order valence-corrected chi connectivity index (χ0v) is 10.4. The van der Waals surface area contributed by atoms with Crippen molar-refractivity contribution in [3.05, 3.63) is 31.5 Å². The fraction of sp³-hybridized carbons (Fsp3) is 0.667. The summed E-state index contributed by atoms with van der Waals surface area (Å²) in [5.41, 5.74) is -2.37. The van der Waals surface area contributed by atoms with Gasteiger partial charge in [-0.2, -0.15) is 0 Å². The van der Waals surface area contributed by atoms with Crippen LogP contribution in [0.1, 0.15) is 0 Å². The van der Waals surface area contributed by atoms with E-state index in [1.807, 2.05) is 0 Å². The molecule has 0 aliphatic rings. The van der Waals surface area contributed by atoms with E-state index < -0.39 is 17.1 Å². The highest BCUT2D eigenvalue weighted by Gasteiger charge is 2.14. The monoisotopic (exact) mass is 261 g/mol. The van der Waals surface area contributed by atoms with E-state index in [-0.39, 0.29) is 20.2 Å². The first-order valence-corrected chi connectivity index (χ1v) is 4.99. The summed E-state index contributed by atoms with van der Waals surface area (Å²) in [5, 5.41) is 0. The van der Waals surface area contributed by atoms with E-state index in [0.717, 1.165) is 13.7 Å². The second kappa shape index (κ2) is 6.28. The van der Waals surface area contributed by atoms with Crippen molar-refractivity contribution in [2.24, 2.45) is 0 Å². The molecule has 1 heterocycles. The number of hydrogen-bond donors (Lipinski definition) is 0. The molecule has 1 aromatic rings. The van der Waals surface area contributed by atoms with E-state index in [0.29, 0.717) is 0 Å². The van der Waals surface area contributed by atoms with Gasteiger partial charge in [0, 0.05) is 21.3 Å². The van der Waals surface area contributed by atoms with E-state index >= 15 is 0 Å². The molecule has 0 N–H and O–H groups in total. The lowest BCUT2D eigenvalue weighted by molar-refractivity contribution is 0.0787. The molecule has 0 fully saturated rings. The Kier molecular flexibility index (Phi) is 5.01. The van der Waals surface area contributed by atoms with Gasteiger partial charge in [-0.1, -0.05) is 0 Å². The molecule has 0 radical (unpaired) electrons. The number of aromatic nitrogens is 3.